The molecule has 2 aromatic carbocycles. The minimum atomic E-state index is -0.359. The molecule has 28 heavy (non-hydrogen) atoms. The fourth-order valence-electron chi connectivity index (χ4n) is 2.69. The molecule has 0 radical (unpaired) electrons. The molecule has 0 aliphatic carbocycles. The Morgan fingerprint density at radius 3 is 2.32 bits per heavy atom. The van der Waals surface area contributed by atoms with Crippen LogP contribution in [-0.4, -0.2) is 50.5 Å². The molecule has 2 amide bonds. The fraction of sp³-hybridized carbons (Fsp3) is 0.333. The van der Waals surface area contributed by atoms with Gasteiger partial charge in [-0.25, -0.2) is 4.39 Å². The first kappa shape index (κ1) is 21.4. The van der Waals surface area contributed by atoms with Crippen LogP contribution in [0.1, 0.15) is 12.5 Å². The highest BCUT2D eigenvalue weighted by Crippen LogP contribution is 2.13. The molecule has 0 saturated heterocycles. The molecule has 2 aromatic rings. The Kier molecular flexibility index (Phi) is 7.95. The van der Waals surface area contributed by atoms with Gasteiger partial charge in [-0.2, -0.15) is 0 Å². The van der Waals surface area contributed by atoms with E-state index in [9.17, 15) is 14.0 Å². The van der Waals surface area contributed by atoms with E-state index < -0.39 is 0 Å². The highest BCUT2D eigenvalue weighted by atomic mass is 19.1. The predicted molar refractivity (Wildman–Crippen MR) is 106 cm³/mol. The van der Waals surface area contributed by atoms with Gasteiger partial charge in [-0.15, -0.1) is 0 Å². The second kappa shape index (κ2) is 10.4. The van der Waals surface area contributed by atoms with Gasteiger partial charge in [0.05, 0.1) is 13.7 Å². The van der Waals surface area contributed by atoms with E-state index in [1.165, 1.54) is 24.3 Å². The number of amides is 2. The number of anilines is 1. The SMILES string of the molecule is CCOc1ccc(CN(C)C(=O)C[NH+](C)CC(=O)Nc2ccc(F)cc2)cc1. The highest BCUT2D eigenvalue weighted by molar-refractivity contribution is 5.91. The lowest BCUT2D eigenvalue weighted by molar-refractivity contribution is -0.862. The van der Waals surface area contributed by atoms with Crippen molar-refractivity contribution in [3.05, 3.63) is 59.9 Å². The van der Waals surface area contributed by atoms with Crippen molar-refractivity contribution in [2.75, 3.05) is 39.1 Å². The van der Waals surface area contributed by atoms with Gasteiger partial charge in [0.1, 0.15) is 11.6 Å². The van der Waals surface area contributed by atoms with E-state index in [2.05, 4.69) is 5.32 Å². The number of halogens is 1. The van der Waals surface area contributed by atoms with Crippen molar-refractivity contribution in [3.63, 3.8) is 0 Å². The van der Waals surface area contributed by atoms with E-state index in [1.807, 2.05) is 31.2 Å². The van der Waals surface area contributed by atoms with Gasteiger partial charge in [-0.05, 0) is 48.9 Å². The number of ether oxygens (including phenoxy) is 1. The van der Waals surface area contributed by atoms with Crippen LogP contribution in [0, 0.1) is 5.82 Å². The summed E-state index contributed by atoms with van der Waals surface area (Å²) in [6.45, 7) is 3.37. The first-order valence-corrected chi connectivity index (χ1v) is 9.19. The summed E-state index contributed by atoms with van der Waals surface area (Å²) < 4.78 is 18.3. The number of hydrogen-bond acceptors (Lipinski definition) is 3. The maximum absolute atomic E-state index is 12.9. The lowest BCUT2D eigenvalue weighted by atomic mass is 10.2. The molecule has 2 rings (SSSR count). The topological polar surface area (TPSA) is 63.1 Å². The van der Waals surface area contributed by atoms with Crippen molar-refractivity contribution in [2.45, 2.75) is 13.5 Å². The van der Waals surface area contributed by atoms with Crippen molar-refractivity contribution in [1.82, 2.24) is 4.90 Å². The fourth-order valence-corrected chi connectivity index (χ4v) is 2.69. The molecule has 150 valence electrons. The average Bonchev–Trinajstić information content (AvgIpc) is 2.65. The summed E-state index contributed by atoms with van der Waals surface area (Å²) in [4.78, 5) is 26.9. The van der Waals surface area contributed by atoms with Crippen molar-refractivity contribution in [1.29, 1.82) is 0 Å². The summed E-state index contributed by atoms with van der Waals surface area (Å²) in [7, 11) is 3.53. The van der Waals surface area contributed by atoms with Crippen LogP contribution in [-0.2, 0) is 16.1 Å². The molecule has 0 spiro atoms. The van der Waals surface area contributed by atoms with Gasteiger partial charge in [0.15, 0.2) is 13.1 Å². The summed E-state index contributed by atoms with van der Waals surface area (Å²) in [5.74, 6) is 0.158. The summed E-state index contributed by atoms with van der Waals surface area (Å²) in [6.07, 6.45) is 0. The van der Waals surface area contributed by atoms with E-state index in [0.717, 1.165) is 16.2 Å². The Morgan fingerprint density at radius 1 is 1.07 bits per heavy atom. The monoisotopic (exact) mass is 388 g/mol. The quantitative estimate of drug-likeness (QED) is 0.681. The summed E-state index contributed by atoms with van der Waals surface area (Å²) >= 11 is 0. The second-order valence-corrected chi connectivity index (χ2v) is 6.69. The van der Waals surface area contributed by atoms with Gasteiger partial charge >= 0.3 is 0 Å². The number of nitrogens with one attached hydrogen (secondary N) is 2. The van der Waals surface area contributed by atoms with Crippen molar-refractivity contribution < 1.29 is 23.6 Å². The first-order valence-electron chi connectivity index (χ1n) is 9.19. The van der Waals surface area contributed by atoms with Gasteiger partial charge in [-0.1, -0.05) is 12.1 Å². The molecule has 0 heterocycles. The number of nitrogens with zero attached hydrogens (tertiary/aromatic N) is 1. The molecule has 0 aliphatic heterocycles. The highest BCUT2D eigenvalue weighted by Gasteiger charge is 2.17. The Bertz CT molecular complexity index is 778. The van der Waals surface area contributed by atoms with Crippen LogP contribution >= 0.6 is 0 Å². The smallest absolute Gasteiger partial charge is 0.279 e. The third kappa shape index (κ3) is 7.00. The molecule has 0 saturated carbocycles. The van der Waals surface area contributed by atoms with E-state index in [-0.39, 0.29) is 30.7 Å². The average molecular weight is 388 g/mol. The van der Waals surface area contributed by atoms with Gasteiger partial charge in [0.2, 0.25) is 0 Å². The maximum atomic E-state index is 12.9. The number of hydrogen-bond donors (Lipinski definition) is 2. The van der Waals surface area contributed by atoms with Crippen molar-refractivity contribution in [3.8, 4) is 5.75 Å². The van der Waals surface area contributed by atoms with Gasteiger partial charge in [0.25, 0.3) is 11.8 Å². The lowest BCUT2D eigenvalue weighted by Gasteiger charge is -2.20. The first-order chi connectivity index (χ1) is 13.4. The van der Waals surface area contributed by atoms with Gasteiger partial charge < -0.3 is 19.9 Å². The van der Waals surface area contributed by atoms with Crippen molar-refractivity contribution in [2.24, 2.45) is 0 Å². The molecular formula is C21H27FN3O3+. The molecule has 0 aliphatic rings. The molecule has 1 atom stereocenters. The van der Waals surface area contributed by atoms with Crippen LogP contribution in [0.3, 0.4) is 0 Å². The Labute approximate surface area is 164 Å². The molecular weight excluding hydrogens is 361 g/mol. The maximum Gasteiger partial charge on any atom is 0.279 e. The zero-order valence-electron chi connectivity index (χ0n) is 16.5. The van der Waals surface area contributed by atoms with Crippen LogP contribution in [0.25, 0.3) is 0 Å². The second-order valence-electron chi connectivity index (χ2n) is 6.69. The van der Waals surface area contributed by atoms with Crippen LogP contribution in [0.5, 0.6) is 5.75 Å². The number of carbonyl (C=O) groups is 2. The Hall–Kier alpha value is -2.93. The molecule has 7 heteroatoms. The summed E-state index contributed by atoms with van der Waals surface area (Å²) in [5, 5.41) is 2.69. The lowest BCUT2D eigenvalue weighted by Crippen LogP contribution is -3.11. The zero-order chi connectivity index (χ0) is 20.5. The Balaban J connectivity index is 1.78. The number of quaternary nitrogens is 1. The van der Waals surface area contributed by atoms with E-state index in [4.69, 9.17) is 4.74 Å². The van der Waals surface area contributed by atoms with E-state index in [0.29, 0.717) is 18.8 Å². The molecule has 2 N–H and O–H groups in total. The molecule has 0 aromatic heterocycles. The van der Waals surface area contributed by atoms with Crippen LogP contribution in [0.4, 0.5) is 10.1 Å². The number of carbonyl (C=O) groups excluding carboxylic acids is 2. The minimum Gasteiger partial charge on any atom is -0.494 e. The largest absolute Gasteiger partial charge is 0.494 e. The van der Waals surface area contributed by atoms with Crippen LogP contribution in [0.2, 0.25) is 0 Å². The standard InChI is InChI=1S/C21H26FN3O3/c1-4-28-19-11-5-16(6-12-19)13-25(3)21(27)15-24(2)14-20(26)23-18-9-7-17(22)8-10-18/h5-12H,4,13-15H2,1-3H3,(H,23,26)/p+1. The molecule has 0 bridgehead atoms. The summed E-state index contributed by atoms with van der Waals surface area (Å²) in [6, 6.07) is 13.2. The third-order valence-corrected chi connectivity index (χ3v) is 4.12. The zero-order valence-corrected chi connectivity index (χ0v) is 16.5. The molecule has 6 nitrogen and oxygen atoms in total. The number of rotatable bonds is 9. The predicted octanol–water partition coefficient (Wildman–Crippen LogP) is 1.34. The van der Waals surface area contributed by atoms with Crippen LogP contribution in [0.15, 0.2) is 48.5 Å². The van der Waals surface area contributed by atoms with Gasteiger partial charge in [0, 0.05) is 19.3 Å². The molecule has 1 unspecified atom stereocenters. The Morgan fingerprint density at radius 2 is 1.71 bits per heavy atom. The number of likely N-dealkylation sites (N-methyl/N-ethyl adjacent to an activating group) is 2. The van der Waals surface area contributed by atoms with Gasteiger partial charge in [-0.3, -0.25) is 9.59 Å². The third-order valence-electron chi connectivity index (χ3n) is 4.12. The molecule has 0 fully saturated rings. The minimum absolute atomic E-state index is 0.0547. The normalized spacial score (nSPS) is 11.6. The van der Waals surface area contributed by atoms with E-state index in [1.54, 1.807) is 19.0 Å². The summed E-state index contributed by atoms with van der Waals surface area (Å²) in [5.41, 5.74) is 1.53. The van der Waals surface area contributed by atoms with Crippen LogP contribution < -0.4 is 15.0 Å². The van der Waals surface area contributed by atoms with Crippen molar-refractivity contribution >= 4 is 17.5 Å². The van der Waals surface area contributed by atoms with E-state index >= 15 is 0 Å². The number of benzene rings is 2.